The first-order valence-corrected chi connectivity index (χ1v) is 20.5. The van der Waals surface area contributed by atoms with Crippen LogP contribution >= 0.6 is 21.6 Å². The van der Waals surface area contributed by atoms with Crippen LogP contribution in [0.2, 0.25) is 0 Å². The van der Waals surface area contributed by atoms with Crippen molar-refractivity contribution in [2.75, 3.05) is 11.5 Å². The van der Waals surface area contributed by atoms with E-state index >= 15 is 0 Å². The summed E-state index contributed by atoms with van der Waals surface area (Å²) >= 11 is 0. The van der Waals surface area contributed by atoms with Gasteiger partial charge in [0.05, 0.1) is 11.8 Å². The van der Waals surface area contributed by atoms with Crippen molar-refractivity contribution >= 4 is 33.5 Å². The largest absolute Gasteiger partial charge is 0.481 e. The Morgan fingerprint density at radius 3 is 2.22 bits per heavy atom. The van der Waals surface area contributed by atoms with Crippen LogP contribution in [0, 0.1) is 51.2 Å². The average Bonchev–Trinajstić information content (AvgIpc) is 3.23. The fourth-order valence-corrected chi connectivity index (χ4v) is 13.3. The molecule has 9 atom stereocenters. The van der Waals surface area contributed by atoms with Crippen molar-refractivity contribution in [3.8, 4) is 0 Å². The van der Waals surface area contributed by atoms with Crippen molar-refractivity contribution in [2.45, 2.75) is 152 Å². The highest BCUT2D eigenvalue weighted by atomic mass is 33.1. The summed E-state index contributed by atoms with van der Waals surface area (Å²) in [6.07, 6.45) is 13.4. The highest BCUT2D eigenvalue weighted by Gasteiger charge is 2.63. The van der Waals surface area contributed by atoms with Gasteiger partial charge in [0, 0.05) is 17.5 Å². The number of carboxylic acid groups (broad SMARTS) is 1. The number of hydrogen-bond donors (Lipinski definition) is 2. The lowest BCUT2D eigenvalue weighted by atomic mass is 9.43. The zero-order chi connectivity index (χ0) is 33.6. The summed E-state index contributed by atoms with van der Waals surface area (Å²) in [5.41, 5.74) is 11.1. The molecule has 7 heteroatoms. The molecule has 0 spiro atoms. The number of esters is 1. The van der Waals surface area contributed by atoms with Crippen molar-refractivity contribution in [1.29, 1.82) is 0 Å². The minimum atomic E-state index is -0.779. The third kappa shape index (κ3) is 7.07. The van der Waals surface area contributed by atoms with E-state index in [4.69, 9.17) is 15.6 Å². The van der Waals surface area contributed by atoms with Crippen LogP contribution < -0.4 is 5.73 Å². The smallest absolute Gasteiger partial charge is 0.310 e. The Kier molecular flexibility index (Phi) is 11.3. The summed E-state index contributed by atoms with van der Waals surface area (Å²) < 4.78 is 6.01. The van der Waals surface area contributed by atoms with Crippen LogP contribution in [0.15, 0.2) is 11.1 Å². The first-order valence-electron chi connectivity index (χ1n) is 18.0. The topological polar surface area (TPSA) is 89.6 Å². The zero-order valence-corrected chi connectivity index (χ0v) is 31.9. The second kappa shape index (κ2) is 13.7. The van der Waals surface area contributed by atoms with Crippen LogP contribution in [0.25, 0.3) is 0 Å². The lowest BCUT2D eigenvalue weighted by Crippen LogP contribution is -2.57. The molecule has 0 aromatic heterocycles. The van der Waals surface area contributed by atoms with Gasteiger partial charge in [0.1, 0.15) is 5.60 Å². The monoisotopic (exact) mass is 663 g/mol. The molecule has 0 bridgehead atoms. The third-order valence-corrected chi connectivity index (χ3v) is 16.7. The highest BCUT2D eigenvalue weighted by molar-refractivity contribution is 8.76. The van der Waals surface area contributed by atoms with Gasteiger partial charge in [0.2, 0.25) is 0 Å². The maximum Gasteiger partial charge on any atom is 0.310 e. The normalized spacial score (nSPS) is 36.4. The van der Waals surface area contributed by atoms with Gasteiger partial charge in [-0.05, 0) is 117 Å². The van der Waals surface area contributed by atoms with Gasteiger partial charge >= 0.3 is 11.9 Å². The number of ether oxygens (including phenoxy) is 1. The number of carbonyl (C=O) groups is 2. The number of carboxylic acids is 1. The predicted molar refractivity (Wildman–Crippen MR) is 191 cm³/mol. The van der Waals surface area contributed by atoms with Crippen LogP contribution in [-0.4, -0.2) is 40.2 Å². The number of allylic oxidation sites excluding steroid dienone is 2. The third-order valence-electron chi connectivity index (χ3n) is 14.0. The lowest BCUT2D eigenvalue weighted by molar-refractivity contribution is -0.160. The SMILES string of the molecule is CC(CSSC[C@H](C)C(=O)O)C(=O)OC(C)(C)CCC[C@@H](C)[C@H]1CC[C@@]2(C)C3=C(CC[C@]12C)[C@@]1(C)CCC(N)C(C)(C)[C@@H]1CC3. The molecular weight excluding hydrogens is 599 g/mol. The van der Waals surface area contributed by atoms with Gasteiger partial charge in [0.25, 0.3) is 0 Å². The molecule has 2 fully saturated rings. The second-order valence-corrected chi connectivity index (χ2v) is 20.1. The Hall–Kier alpha value is -0.660. The van der Waals surface area contributed by atoms with Gasteiger partial charge in [-0.2, -0.15) is 0 Å². The number of carbonyl (C=O) groups excluding carboxylic acids is 1. The molecule has 2 saturated carbocycles. The molecule has 0 aromatic carbocycles. The fraction of sp³-hybridized carbons (Fsp3) is 0.895. The molecule has 0 aromatic rings. The molecule has 5 nitrogen and oxygen atoms in total. The first-order chi connectivity index (χ1) is 20.8. The number of nitrogens with two attached hydrogens (primary N) is 1. The average molecular weight is 664 g/mol. The Bertz CT molecular complexity index is 1130. The van der Waals surface area contributed by atoms with E-state index in [1.807, 2.05) is 18.1 Å². The molecule has 4 aliphatic rings. The summed E-state index contributed by atoms with van der Waals surface area (Å²) in [5, 5.41) is 9.05. The summed E-state index contributed by atoms with van der Waals surface area (Å²) in [4.78, 5) is 23.9. The molecule has 0 aliphatic heterocycles. The van der Waals surface area contributed by atoms with Crippen LogP contribution in [0.1, 0.15) is 140 Å². The second-order valence-electron chi connectivity index (χ2n) is 17.6. The number of hydrogen-bond acceptors (Lipinski definition) is 6. The predicted octanol–water partition coefficient (Wildman–Crippen LogP) is 9.93. The quantitative estimate of drug-likeness (QED) is 0.0877. The molecule has 0 radical (unpaired) electrons. The maximum atomic E-state index is 12.9. The first kappa shape index (κ1) is 37.2. The molecule has 2 unspecified atom stereocenters. The highest BCUT2D eigenvalue weighted by Crippen LogP contribution is 2.72. The van der Waals surface area contributed by atoms with Gasteiger partial charge in [-0.25, -0.2) is 0 Å². The molecule has 4 aliphatic carbocycles. The zero-order valence-electron chi connectivity index (χ0n) is 30.2. The van der Waals surface area contributed by atoms with Gasteiger partial charge in [-0.1, -0.05) is 94.5 Å². The molecule has 0 amide bonds. The molecular formula is C38H65NO4S2. The molecule has 258 valence electrons. The summed E-state index contributed by atoms with van der Waals surface area (Å²) in [5.74, 6) is 1.74. The van der Waals surface area contributed by atoms with E-state index in [1.54, 1.807) is 17.7 Å². The van der Waals surface area contributed by atoms with E-state index in [9.17, 15) is 9.59 Å². The maximum absolute atomic E-state index is 12.9. The van der Waals surface area contributed by atoms with E-state index in [0.29, 0.717) is 45.6 Å². The van der Waals surface area contributed by atoms with Crippen molar-refractivity contribution in [3.05, 3.63) is 11.1 Å². The number of aliphatic carboxylic acids is 1. The van der Waals surface area contributed by atoms with E-state index in [-0.39, 0.29) is 23.2 Å². The van der Waals surface area contributed by atoms with Crippen molar-refractivity contribution in [2.24, 2.45) is 57.0 Å². The van der Waals surface area contributed by atoms with Crippen molar-refractivity contribution in [3.63, 3.8) is 0 Å². The Morgan fingerprint density at radius 1 is 0.933 bits per heavy atom. The molecule has 0 saturated heterocycles. The van der Waals surface area contributed by atoms with Gasteiger partial charge in [-0.15, -0.1) is 0 Å². The van der Waals surface area contributed by atoms with Gasteiger partial charge in [-0.3, -0.25) is 9.59 Å². The minimum Gasteiger partial charge on any atom is -0.481 e. The van der Waals surface area contributed by atoms with E-state index in [1.165, 1.54) is 62.2 Å². The molecule has 3 N–H and O–H groups in total. The summed E-state index contributed by atoms with van der Waals surface area (Å²) in [6, 6.07) is 0.319. The molecule has 45 heavy (non-hydrogen) atoms. The van der Waals surface area contributed by atoms with Crippen molar-refractivity contribution in [1.82, 2.24) is 0 Å². The van der Waals surface area contributed by atoms with Crippen LogP contribution in [0.5, 0.6) is 0 Å². The Balaban J connectivity index is 1.32. The van der Waals surface area contributed by atoms with Crippen molar-refractivity contribution < 1.29 is 19.4 Å². The van der Waals surface area contributed by atoms with Gasteiger partial charge in [0.15, 0.2) is 0 Å². The van der Waals surface area contributed by atoms with Crippen LogP contribution in [0.4, 0.5) is 0 Å². The number of fused-ring (bicyclic) bond motifs is 4. The van der Waals surface area contributed by atoms with Crippen LogP contribution in [-0.2, 0) is 14.3 Å². The Morgan fingerprint density at radius 2 is 1.58 bits per heavy atom. The fourth-order valence-electron chi connectivity index (χ4n) is 10.6. The lowest BCUT2D eigenvalue weighted by Gasteiger charge is -2.62. The van der Waals surface area contributed by atoms with E-state index < -0.39 is 11.6 Å². The number of rotatable bonds is 13. The molecule has 0 heterocycles. The molecule has 4 rings (SSSR count). The summed E-state index contributed by atoms with van der Waals surface area (Å²) in [6.45, 7) is 23.0. The van der Waals surface area contributed by atoms with E-state index in [0.717, 1.165) is 25.2 Å². The standard InChI is InChI=1S/C38H65NO4S2/c1-24(12-11-18-34(4,5)43-33(42)26(3)23-45-44-22-25(2)32(40)41)27-15-20-38(10)29-13-14-30-35(6,7)31(39)17-19-36(30,8)28(29)16-21-37(27,38)9/h24-27,30-31H,11-23,39H2,1-10H3,(H,40,41)/t24-,25+,26?,27-,30+,31?,36-,37-,38+/m1/s1. The minimum absolute atomic E-state index is 0.149. The van der Waals surface area contributed by atoms with E-state index in [2.05, 4.69) is 55.4 Å². The Labute approximate surface area is 283 Å². The summed E-state index contributed by atoms with van der Waals surface area (Å²) in [7, 11) is 3.08. The van der Waals surface area contributed by atoms with Gasteiger partial charge < -0.3 is 15.6 Å². The van der Waals surface area contributed by atoms with Crippen LogP contribution in [0.3, 0.4) is 0 Å².